The van der Waals surface area contributed by atoms with E-state index >= 15 is 0 Å². The van der Waals surface area contributed by atoms with Gasteiger partial charge in [0.1, 0.15) is 5.75 Å². The second kappa shape index (κ2) is 9.06. The van der Waals surface area contributed by atoms with E-state index in [0.29, 0.717) is 11.4 Å². The molecule has 0 saturated carbocycles. The van der Waals surface area contributed by atoms with Gasteiger partial charge in [0.25, 0.3) is 0 Å². The number of amides is 1. The maximum Gasteiger partial charge on any atom is 0.231 e. The van der Waals surface area contributed by atoms with Gasteiger partial charge in [-0.2, -0.15) is 0 Å². The predicted octanol–water partition coefficient (Wildman–Crippen LogP) is 3.84. The minimum atomic E-state index is 0.165. The number of unbranched alkanes of at least 4 members (excludes halogenated alkanes) is 1. The molecule has 5 nitrogen and oxygen atoms in total. The van der Waals surface area contributed by atoms with Crippen molar-refractivity contribution in [2.45, 2.75) is 19.3 Å². The van der Waals surface area contributed by atoms with Gasteiger partial charge in [-0.1, -0.05) is 29.8 Å². The predicted molar refractivity (Wildman–Crippen MR) is 118 cm³/mol. The Morgan fingerprint density at radius 2 is 1.66 bits per heavy atom. The van der Waals surface area contributed by atoms with E-state index in [2.05, 4.69) is 21.9 Å². The largest absolute Gasteiger partial charge is 0.495 e. The Hall–Kier alpha value is -2.24. The monoisotopic (exact) mass is 413 g/mol. The van der Waals surface area contributed by atoms with Crippen LogP contribution in [-0.4, -0.2) is 57.2 Å². The molecular weight excluding hydrogens is 386 g/mol. The van der Waals surface area contributed by atoms with Crippen LogP contribution < -0.4 is 14.5 Å². The molecule has 0 unspecified atom stereocenters. The van der Waals surface area contributed by atoms with Gasteiger partial charge in [0.2, 0.25) is 5.91 Å². The zero-order valence-corrected chi connectivity index (χ0v) is 17.7. The van der Waals surface area contributed by atoms with Crippen LogP contribution in [0.3, 0.4) is 0 Å². The highest BCUT2D eigenvalue weighted by molar-refractivity contribution is 6.32. The molecular formula is C23H28ClN3O2. The SMILES string of the molecule is COc1ccccc1N1CCN(CCCCN2C(=O)Cc3c(Cl)cccc32)CC1. The lowest BCUT2D eigenvalue weighted by atomic mass is 10.1. The Morgan fingerprint density at radius 3 is 2.45 bits per heavy atom. The summed E-state index contributed by atoms with van der Waals surface area (Å²) in [6, 6.07) is 14.0. The van der Waals surface area contributed by atoms with Gasteiger partial charge >= 0.3 is 0 Å². The maximum absolute atomic E-state index is 12.3. The van der Waals surface area contributed by atoms with Crippen LogP contribution in [0, 0.1) is 0 Å². The molecule has 0 atom stereocenters. The fraction of sp³-hybridized carbons (Fsp3) is 0.435. The number of carbonyl (C=O) groups excluding carboxylic acids is 1. The molecule has 2 aromatic rings. The van der Waals surface area contributed by atoms with E-state index in [-0.39, 0.29) is 5.91 Å². The van der Waals surface area contributed by atoms with Gasteiger partial charge in [-0.25, -0.2) is 0 Å². The first-order valence-electron chi connectivity index (χ1n) is 10.4. The van der Waals surface area contributed by atoms with Crippen LogP contribution in [0.4, 0.5) is 11.4 Å². The second-order valence-electron chi connectivity index (χ2n) is 7.67. The van der Waals surface area contributed by atoms with Crippen molar-refractivity contribution in [3.8, 4) is 5.75 Å². The van der Waals surface area contributed by atoms with Crippen molar-refractivity contribution in [3.63, 3.8) is 0 Å². The van der Waals surface area contributed by atoms with Crippen molar-refractivity contribution < 1.29 is 9.53 Å². The molecule has 0 aromatic heterocycles. The van der Waals surface area contributed by atoms with Crippen molar-refractivity contribution in [1.29, 1.82) is 0 Å². The van der Waals surface area contributed by atoms with Crippen LogP contribution >= 0.6 is 11.6 Å². The van der Waals surface area contributed by atoms with Gasteiger partial charge < -0.3 is 14.5 Å². The van der Waals surface area contributed by atoms with E-state index in [1.165, 1.54) is 5.69 Å². The van der Waals surface area contributed by atoms with E-state index < -0.39 is 0 Å². The minimum Gasteiger partial charge on any atom is -0.495 e. The third-order valence-electron chi connectivity index (χ3n) is 5.92. The summed E-state index contributed by atoms with van der Waals surface area (Å²) in [4.78, 5) is 19.2. The summed E-state index contributed by atoms with van der Waals surface area (Å²) in [5, 5.41) is 0.700. The molecule has 0 bridgehead atoms. The van der Waals surface area contributed by atoms with Gasteiger partial charge in [0, 0.05) is 49.0 Å². The number of methoxy groups -OCH3 is 1. The van der Waals surface area contributed by atoms with Crippen LogP contribution in [0.15, 0.2) is 42.5 Å². The molecule has 1 saturated heterocycles. The molecule has 2 aliphatic rings. The molecule has 0 spiro atoms. The lowest BCUT2D eigenvalue weighted by Gasteiger charge is -2.36. The first kappa shape index (κ1) is 20.0. The van der Waals surface area contributed by atoms with E-state index in [1.807, 2.05) is 35.2 Å². The fourth-order valence-electron chi connectivity index (χ4n) is 4.31. The minimum absolute atomic E-state index is 0.165. The van der Waals surface area contributed by atoms with Crippen LogP contribution in [0.1, 0.15) is 18.4 Å². The Labute approximate surface area is 177 Å². The van der Waals surface area contributed by atoms with Gasteiger partial charge in [0.15, 0.2) is 0 Å². The molecule has 0 radical (unpaired) electrons. The molecule has 29 heavy (non-hydrogen) atoms. The summed E-state index contributed by atoms with van der Waals surface area (Å²) < 4.78 is 5.50. The number of benzene rings is 2. The standard InChI is InChI=1S/C23H28ClN3O2/c1-29-22-10-3-2-8-21(22)26-15-13-25(14-16-26)11-4-5-12-27-20-9-6-7-19(24)18(20)17-23(27)28/h2-3,6-10H,4-5,11-17H2,1H3. The maximum atomic E-state index is 12.3. The lowest BCUT2D eigenvalue weighted by Crippen LogP contribution is -2.46. The molecule has 1 fully saturated rings. The third-order valence-corrected chi connectivity index (χ3v) is 6.27. The van der Waals surface area contributed by atoms with Crippen molar-refractivity contribution >= 4 is 28.9 Å². The molecule has 0 N–H and O–H groups in total. The second-order valence-corrected chi connectivity index (χ2v) is 8.07. The summed E-state index contributed by atoms with van der Waals surface area (Å²) in [6.45, 7) is 5.98. The summed E-state index contributed by atoms with van der Waals surface area (Å²) in [5.74, 6) is 1.11. The smallest absolute Gasteiger partial charge is 0.231 e. The Kier molecular flexibility index (Phi) is 6.26. The molecule has 0 aliphatic carbocycles. The number of anilines is 2. The van der Waals surface area contributed by atoms with E-state index in [1.54, 1.807) is 7.11 Å². The molecule has 2 aromatic carbocycles. The van der Waals surface area contributed by atoms with Crippen molar-refractivity contribution in [1.82, 2.24) is 4.90 Å². The van der Waals surface area contributed by atoms with Gasteiger partial charge in [-0.15, -0.1) is 0 Å². The summed E-state index contributed by atoms with van der Waals surface area (Å²) in [5.41, 5.74) is 3.15. The zero-order valence-electron chi connectivity index (χ0n) is 16.9. The zero-order chi connectivity index (χ0) is 20.2. The highest BCUT2D eigenvalue weighted by atomic mass is 35.5. The Morgan fingerprint density at radius 1 is 0.931 bits per heavy atom. The number of fused-ring (bicyclic) bond motifs is 1. The molecule has 2 heterocycles. The van der Waals surface area contributed by atoms with Crippen molar-refractivity contribution in [2.75, 3.05) is 56.2 Å². The number of hydrogen-bond donors (Lipinski definition) is 0. The van der Waals surface area contributed by atoms with E-state index in [4.69, 9.17) is 16.3 Å². The molecule has 2 aliphatic heterocycles. The number of piperazine rings is 1. The normalized spacial score (nSPS) is 17.0. The van der Waals surface area contributed by atoms with Crippen molar-refractivity contribution in [3.05, 3.63) is 53.1 Å². The first-order chi connectivity index (χ1) is 14.2. The third kappa shape index (κ3) is 4.36. The number of ether oxygens (including phenoxy) is 1. The number of halogens is 1. The van der Waals surface area contributed by atoms with Crippen LogP contribution in [0.5, 0.6) is 5.75 Å². The molecule has 4 rings (SSSR count). The van der Waals surface area contributed by atoms with Gasteiger partial charge in [0.05, 0.1) is 19.2 Å². The van der Waals surface area contributed by atoms with E-state index in [9.17, 15) is 4.79 Å². The number of carbonyl (C=O) groups is 1. The number of nitrogens with zero attached hydrogens (tertiary/aromatic N) is 3. The summed E-state index contributed by atoms with van der Waals surface area (Å²) in [6.07, 6.45) is 2.53. The topological polar surface area (TPSA) is 36.0 Å². The van der Waals surface area contributed by atoms with Crippen molar-refractivity contribution in [2.24, 2.45) is 0 Å². The van der Waals surface area contributed by atoms with Gasteiger partial charge in [-0.3, -0.25) is 9.69 Å². The van der Waals surface area contributed by atoms with Crippen LogP contribution in [0.25, 0.3) is 0 Å². The Bertz CT molecular complexity index is 865. The molecule has 1 amide bonds. The van der Waals surface area contributed by atoms with Crippen LogP contribution in [0.2, 0.25) is 5.02 Å². The molecule has 154 valence electrons. The Balaban J connectivity index is 1.22. The number of para-hydroxylation sites is 2. The highest BCUT2D eigenvalue weighted by Gasteiger charge is 2.28. The molecule has 6 heteroatoms. The lowest BCUT2D eigenvalue weighted by molar-refractivity contribution is -0.117. The van der Waals surface area contributed by atoms with Crippen LogP contribution in [-0.2, 0) is 11.2 Å². The summed E-state index contributed by atoms with van der Waals surface area (Å²) >= 11 is 6.24. The number of hydrogen-bond acceptors (Lipinski definition) is 4. The van der Waals surface area contributed by atoms with E-state index in [0.717, 1.165) is 69.1 Å². The number of rotatable bonds is 7. The fourth-order valence-corrected chi connectivity index (χ4v) is 4.55. The van der Waals surface area contributed by atoms with Gasteiger partial charge in [-0.05, 0) is 43.7 Å². The average Bonchev–Trinajstić information content (AvgIpc) is 3.08. The summed E-state index contributed by atoms with van der Waals surface area (Å²) in [7, 11) is 1.73. The first-order valence-corrected chi connectivity index (χ1v) is 10.7. The highest BCUT2D eigenvalue weighted by Crippen LogP contribution is 2.34. The average molecular weight is 414 g/mol. The quantitative estimate of drug-likeness (QED) is 0.646.